The first-order valence-corrected chi connectivity index (χ1v) is 6.92. The predicted molar refractivity (Wildman–Crippen MR) is 77.6 cm³/mol. The number of rotatable bonds is 3. The van der Waals surface area contributed by atoms with Crippen molar-refractivity contribution in [1.82, 2.24) is 0 Å². The van der Waals surface area contributed by atoms with E-state index >= 15 is 0 Å². The third-order valence-electron chi connectivity index (χ3n) is 2.96. The Labute approximate surface area is 128 Å². The van der Waals surface area contributed by atoms with Crippen LogP contribution in [-0.4, -0.2) is 0 Å². The molecule has 0 bridgehead atoms. The van der Waals surface area contributed by atoms with Crippen molar-refractivity contribution in [2.24, 2.45) is 0 Å². The number of alkyl halides is 3. The highest BCUT2D eigenvalue weighted by molar-refractivity contribution is 9.10. The lowest BCUT2D eigenvalue weighted by molar-refractivity contribution is -0.137. The molecule has 0 radical (unpaired) electrons. The van der Waals surface area contributed by atoms with Crippen LogP contribution in [0.2, 0.25) is 0 Å². The van der Waals surface area contributed by atoms with Crippen LogP contribution in [0.3, 0.4) is 0 Å². The van der Waals surface area contributed by atoms with E-state index in [9.17, 15) is 17.6 Å². The minimum absolute atomic E-state index is 0.241. The largest absolute Gasteiger partial charge is 0.416 e. The van der Waals surface area contributed by atoms with Crippen molar-refractivity contribution in [3.05, 3.63) is 63.4 Å². The fourth-order valence-electron chi connectivity index (χ4n) is 1.81. The van der Waals surface area contributed by atoms with E-state index in [1.165, 1.54) is 6.07 Å². The topological polar surface area (TPSA) is 12.0 Å². The molecule has 2 aromatic carbocycles. The molecule has 1 nitrogen and oxygen atoms in total. The van der Waals surface area contributed by atoms with Gasteiger partial charge in [-0.25, -0.2) is 4.39 Å². The molecule has 0 atom stereocenters. The number of hydrogen-bond acceptors (Lipinski definition) is 1. The van der Waals surface area contributed by atoms with Gasteiger partial charge in [0.05, 0.1) is 5.56 Å². The van der Waals surface area contributed by atoms with Crippen LogP contribution in [0, 0.1) is 12.7 Å². The monoisotopic (exact) mass is 361 g/mol. The van der Waals surface area contributed by atoms with Gasteiger partial charge in [0.1, 0.15) is 5.82 Å². The lowest BCUT2D eigenvalue weighted by Crippen LogP contribution is -2.07. The molecular formula is C15H12BrF4N. The van der Waals surface area contributed by atoms with Crippen LogP contribution in [0.5, 0.6) is 0 Å². The summed E-state index contributed by atoms with van der Waals surface area (Å²) < 4.78 is 51.9. The van der Waals surface area contributed by atoms with Crippen molar-refractivity contribution in [3.8, 4) is 0 Å². The van der Waals surface area contributed by atoms with Crippen LogP contribution in [0.1, 0.15) is 16.7 Å². The number of anilines is 1. The summed E-state index contributed by atoms with van der Waals surface area (Å²) in [6, 6.07) is 8.30. The molecular weight excluding hydrogens is 350 g/mol. The van der Waals surface area contributed by atoms with Crippen molar-refractivity contribution in [3.63, 3.8) is 0 Å². The summed E-state index contributed by atoms with van der Waals surface area (Å²) in [5.74, 6) is -0.334. The first kappa shape index (κ1) is 15.8. The Kier molecular flexibility index (Phi) is 4.56. The molecule has 0 amide bonds. The Morgan fingerprint density at radius 2 is 1.81 bits per heavy atom. The molecule has 2 rings (SSSR count). The van der Waals surface area contributed by atoms with E-state index in [-0.39, 0.29) is 12.4 Å². The van der Waals surface area contributed by atoms with E-state index in [2.05, 4.69) is 21.2 Å². The third-order valence-corrected chi connectivity index (χ3v) is 3.42. The second-order valence-electron chi connectivity index (χ2n) is 4.66. The highest BCUT2D eigenvalue weighted by atomic mass is 79.9. The van der Waals surface area contributed by atoms with E-state index < -0.39 is 11.7 Å². The second-order valence-corrected chi connectivity index (χ2v) is 5.58. The fraction of sp³-hybridized carbons (Fsp3) is 0.200. The van der Waals surface area contributed by atoms with Crippen molar-refractivity contribution in [2.75, 3.05) is 5.32 Å². The van der Waals surface area contributed by atoms with Gasteiger partial charge in [0, 0.05) is 16.7 Å². The number of hydrogen-bond donors (Lipinski definition) is 1. The first-order chi connectivity index (χ1) is 9.75. The Morgan fingerprint density at radius 1 is 1.10 bits per heavy atom. The molecule has 0 saturated carbocycles. The summed E-state index contributed by atoms with van der Waals surface area (Å²) in [6.07, 6.45) is -4.41. The number of aryl methyl sites for hydroxylation is 1. The third kappa shape index (κ3) is 4.20. The van der Waals surface area contributed by atoms with Gasteiger partial charge in [-0.2, -0.15) is 13.2 Å². The Balaban J connectivity index is 2.16. The normalized spacial score (nSPS) is 11.5. The van der Waals surface area contributed by atoms with Gasteiger partial charge in [0.25, 0.3) is 0 Å². The molecule has 0 aliphatic carbocycles. The molecule has 0 aliphatic heterocycles. The number of nitrogens with one attached hydrogen (secondary N) is 1. The Hall–Kier alpha value is -1.56. The van der Waals surface area contributed by atoms with Gasteiger partial charge in [-0.3, -0.25) is 0 Å². The summed E-state index contributed by atoms with van der Waals surface area (Å²) in [5, 5.41) is 2.86. The molecule has 21 heavy (non-hydrogen) atoms. The molecule has 6 heteroatoms. The van der Waals surface area contributed by atoms with Crippen molar-refractivity contribution < 1.29 is 17.6 Å². The zero-order valence-electron chi connectivity index (χ0n) is 11.1. The minimum Gasteiger partial charge on any atom is -0.381 e. The number of halogens is 5. The van der Waals surface area contributed by atoms with Crippen LogP contribution in [0.15, 0.2) is 40.9 Å². The Bertz CT molecular complexity index is 653. The zero-order valence-corrected chi connectivity index (χ0v) is 12.6. The molecule has 2 aromatic rings. The molecule has 0 aliphatic rings. The van der Waals surface area contributed by atoms with Crippen LogP contribution in [0.4, 0.5) is 23.2 Å². The summed E-state index contributed by atoms with van der Waals surface area (Å²) in [6.45, 7) is 1.89. The lowest BCUT2D eigenvalue weighted by Gasteiger charge is -2.12. The summed E-state index contributed by atoms with van der Waals surface area (Å²) >= 11 is 3.05. The lowest BCUT2D eigenvalue weighted by atomic mass is 10.1. The minimum atomic E-state index is -4.41. The molecule has 0 unspecified atom stereocenters. The molecule has 0 heterocycles. The van der Waals surface area contributed by atoms with Gasteiger partial charge < -0.3 is 5.32 Å². The van der Waals surface area contributed by atoms with Gasteiger partial charge in [-0.1, -0.05) is 28.1 Å². The number of benzene rings is 2. The molecule has 112 valence electrons. The maximum atomic E-state index is 13.4. The average Bonchev–Trinajstić information content (AvgIpc) is 2.38. The van der Waals surface area contributed by atoms with Crippen LogP contribution in [0.25, 0.3) is 0 Å². The molecule has 1 N–H and O–H groups in total. The molecule has 0 aromatic heterocycles. The Morgan fingerprint density at radius 3 is 2.43 bits per heavy atom. The van der Waals surface area contributed by atoms with E-state index in [4.69, 9.17) is 0 Å². The van der Waals surface area contributed by atoms with Crippen molar-refractivity contribution in [1.29, 1.82) is 0 Å². The second kappa shape index (κ2) is 6.05. The van der Waals surface area contributed by atoms with Gasteiger partial charge in [0.15, 0.2) is 0 Å². The molecule has 0 spiro atoms. The SMILES string of the molecule is Cc1ccc(CNc2cc(Br)cc(C(F)(F)F)c2)cc1F. The average molecular weight is 362 g/mol. The fourth-order valence-corrected chi connectivity index (χ4v) is 2.30. The van der Waals surface area contributed by atoms with Gasteiger partial charge >= 0.3 is 6.18 Å². The van der Waals surface area contributed by atoms with E-state index in [1.54, 1.807) is 25.1 Å². The quantitative estimate of drug-likeness (QED) is 0.709. The highest BCUT2D eigenvalue weighted by Gasteiger charge is 2.31. The zero-order chi connectivity index (χ0) is 15.6. The van der Waals surface area contributed by atoms with Gasteiger partial charge in [-0.05, 0) is 42.3 Å². The van der Waals surface area contributed by atoms with E-state index in [0.29, 0.717) is 21.3 Å². The maximum absolute atomic E-state index is 13.4. The summed E-state index contributed by atoms with van der Waals surface area (Å²) in [5.41, 5.74) is 0.763. The van der Waals surface area contributed by atoms with Crippen molar-refractivity contribution in [2.45, 2.75) is 19.6 Å². The van der Waals surface area contributed by atoms with Crippen molar-refractivity contribution >= 4 is 21.6 Å². The maximum Gasteiger partial charge on any atom is 0.416 e. The predicted octanol–water partition coefficient (Wildman–Crippen LogP) is 5.53. The van der Waals surface area contributed by atoms with E-state index in [0.717, 1.165) is 12.1 Å². The highest BCUT2D eigenvalue weighted by Crippen LogP contribution is 2.33. The first-order valence-electron chi connectivity index (χ1n) is 6.12. The summed E-state index contributed by atoms with van der Waals surface area (Å²) in [7, 11) is 0. The standard InChI is InChI=1S/C15H12BrF4N/c1-9-2-3-10(4-14(9)17)8-21-13-6-11(15(18,19)20)5-12(16)7-13/h2-7,21H,8H2,1H3. The van der Waals surface area contributed by atoms with Gasteiger partial charge in [-0.15, -0.1) is 0 Å². The van der Waals surface area contributed by atoms with E-state index in [1.807, 2.05) is 0 Å². The van der Waals surface area contributed by atoms with Gasteiger partial charge in [0.2, 0.25) is 0 Å². The smallest absolute Gasteiger partial charge is 0.381 e. The van der Waals surface area contributed by atoms with Crippen LogP contribution < -0.4 is 5.32 Å². The molecule has 0 fully saturated rings. The molecule has 0 saturated heterocycles. The van der Waals surface area contributed by atoms with Crippen LogP contribution >= 0.6 is 15.9 Å². The van der Waals surface area contributed by atoms with Crippen LogP contribution in [-0.2, 0) is 12.7 Å². The summed E-state index contributed by atoms with van der Waals surface area (Å²) in [4.78, 5) is 0.